The van der Waals surface area contributed by atoms with Gasteiger partial charge in [0.05, 0.1) is 11.6 Å². The van der Waals surface area contributed by atoms with E-state index in [0.717, 1.165) is 4.47 Å². The van der Waals surface area contributed by atoms with Crippen molar-refractivity contribution in [2.75, 3.05) is 0 Å². The summed E-state index contributed by atoms with van der Waals surface area (Å²) in [5, 5.41) is 8.59. The van der Waals surface area contributed by atoms with Crippen molar-refractivity contribution >= 4 is 21.7 Å². The number of ketones is 1. The lowest BCUT2D eigenvalue weighted by Crippen LogP contribution is -1.92. The standard InChI is InChI=1S/C9H6BrNO/c1-6(12)8-2-7(5-11)3-9(10)4-8/h2-4H,1H3. The van der Waals surface area contributed by atoms with Gasteiger partial charge >= 0.3 is 0 Å². The minimum Gasteiger partial charge on any atom is -0.295 e. The van der Waals surface area contributed by atoms with Gasteiger partial charge in [-0.05, 0) is 25.1 Å². The van der Waals surface area contributed by atoms with E-state index in [9.17, 15) is 4.79 Å². The second-order valence-electron chi connectivity index (χ2n) is 2.40. The summed E-state index contributed by atoms with van der Waals surface area (Å²) in [4.78, 5) is 10.9. The van der Waals surface area contributed by atoms with Crippen molar-refractivity contribution in [2.24, 2.45) is 0 Å². The van der Waals surface area contributed by atoms with Gasteiger partial charge < -0.3 is 0 Å². The molecule has 0 aromatic heterocycles. The van der Waals surface area contributed by atoms with E-state index in [2.05, 4.69) is 15.9 Å². The first-order chi connectivity index (χ1) is 5.63. The highest BCUT2D eigenvalue weighted by Gasteiger charge is 2.02. The maximum absolute atomic E-state index is 10.9. The van der Waals surface area contributed by atoms with E-state index in [-0.39, 0.29) is 5.78 Å². The Morgan fingerprint density at radius 1 is 1.50 bits per heavy atom. The summed E-state index contributed by atoms with van der Waals surface area (Å²) in [6, 6.07) is 6.93. The molecule has 3 heteroatoms. The van der Waals surface area contributed by atoms with E-state index >= 15 is 0 Å². The van der Waals surface area contributed by atoms with Crippen molar-refractivity contribution in [1.82, 2.24) is 0 Å². The summed E-state index contributed by atoms with van der Waals surface area (Å²) in [6.45, 7) is 1.48. The fourth-order valence-corrected chi connectivity index (χ4v) is 1.35. The maximum Gasteiger partial charge on any atom is 0.159 e. The number of nitrogens with zero attached hydrogens (tertiary/aromatic N) is 1. The minimum absolute atomic E-state index is 0.0344. The highest BCUT2D eigenvalue weighted by atomic mass is 79.9. The van der Waals surface area contributed by atoms with Crippen LogP contribution in [0, 0.1) is 11.3 Å². The number of hydrogen-bond acceptors (Lipinski definition) is 2. The van der Waals surface area contributed by atoms with Crippen LogP contribution in [0.15, 0.2) is 22.7 Å². The largest absolute Gasteiger partial charge is 0.295 e. The van der Waals surface area contributed by atoms with Crippen molar-refractivity contribution in [1.29, 1.82) is 5.26 Å². The Kier molecular flexibility index (Phi) is 2.61. The Balaban J connectivity index is 3.26. The average Bonchev–Trinajstić information content (AvgIpc) is 2.03. The SMILES string of the molecule is CC(=O)c1cc(Br)cc(C#N)c1. The Labute approximate surface area is 78.9 Å². The number of hydrogen-bond donors (Lipinski definition) is 0. The lowest BCUT2D eigenvalue weighted by molar-refractivity contribution is 0.101. The zero-order valence-electron chi connectivity index (χ0n) is 6.47. The van der Waals surface area contributed by atoms with Gasteiger partial charge in [0.25, 0.3) is 0 Å². The second-order valence-corrected chi connectivity index (χ2v) is 3.31. The van der Waals surface area contributed by atoms with Crippen molar-refractivity contribution in [3.63, 3.8) is 0 Å². The lowest BCUT2D eigenvalue weighted by atomic mass is 10.1. The number of nitriles is 1. The van der Waals surface area contributed by atoms with Crippen LogP contribution in [0.2, 0.25) is 0 Å². The predicted molar refractivity (Wildman–Crippen MR) is 48.9 cm³/mol. The average molecular weight is 224 g/mol. The third-order valence-corrected chi connectivity index (χ3v) is 1.89. The summed E-state index contributed by atoms with van der Waals surface area (Å²) >= 11 is 3.22. The summed E-state index contributed by atoms with van der Waals surface area (Å²) < 4.78 is 0.756. The number of carbonyl (C=O) groups excluding carboxylic acids is 1. The summed E-state index contributed by atoms with van der Waals surface area (Å²) in [7, 11) is 0. The summed E-state index contributed by atoms with van der Waals surface area (Å²) in [6.07, 6.45) is 0. The normalized spacial score (nSPS) is 9.08. The van der Waals surface area contributed by atoms with E-state index in [1.807, 2.05) is 6.07 Å². The highest BCUT2D eigenvalue weighted by Crippen LogP contribution is 2.15. The van der Waals surface area contributed by atoms with Gasteiger partial charge in [-0.1, -0.05) is 15.9 Å². The van der Waals surface area contributed by atoms with Crippen LogP contribution in [-0.4, -0.2) is 5.78 Å². The monoisotopic (exact) mass is 223 g/mol. The fraction of sp³-hybridized carbons (Fsp3) is 0.111. The molecule has 0 atom stereocenters. The van der Waals surface area contributed by atoms with E-state index in [1.165, 1.54) is 6.92 Å². The third-order valence-electron chi connectivity index (χ3n) is 1.43. The number of halogens is 1. The third kappa shape index (κ3) is 1.93. The quantitative estimate of drug-likeness (QED) is 0.687. The molecule has 60 valence electrons. The number of Topliss-reactive ketones (excluding diaryl/α,β-unsaturated/α-hetero) is 1. The first-order valence-electron chi connectivity index (χ1n) is 3.35. The molecule has 0 unspecified atom stereocenters. The molecule has 0 radical (unpaired) electrons. The van der Waals surface area contributed by atoms with E-state index in [4.69, 9.17) is 5.26 Å². The van der Waals surface area contributed by atoms with Crippen molar-refractivity contribution in [3.8, 4) is 6.07 Å². The Morgan fingerprint density at radius 2 is 2.17 bits per heavy atom. The van der Waals surface area contributed by atoms with E-state index in [1.54, 1.807) is 18.2 Å². The van der Waals surface area contributed by atoms with Crippen LogP contribution < -0.4 is 0 Å². The van der Waals surface area contributed by atoms with Gasteiger partial charge in [-0.15, -0.1) is 0 Å². The van der Waals surface area contributed by atoms with Gasteiger partial charge in [-0.25, -0.2) is 0 Å². The highest BCUT2D eigenvalue weighted by molar-refractivity contribution is 9.10. The molecule has 0 heterocycles. The molecule has 1 aromatic rings. The maximum atomic E-state index is 10.9. The Hall–Kier alpha value is -1.14. The second kappa shape index (κ2) is 3.51. The van der Waals surface area contributed by atoms with E-state index in [0.29, 0.717) is 11.1 Å². The van der Waals surface area contributed by atoms with Crippen LogP contribution in [0.4, 0.5) is 0 Å². The van der Waals surface area contributed by atoms with Crippen LogP contribution >= 0.6 is 15.9 Å². The molecule has 0 amide bonds. The number of carbonyl (C=O) groups is 1. The zero-order chi connectivity index (χ0) is 9.14. The molecule has 0 aliphatic rings. The van der Waals surface area contributed by atoms with Gasteiger partial charge in [0, 0.05) is 10.0 Å². The summed E-state index contributed by atoms with van der Waals surface area (Å²) in [5.74, 6) is -0.0344. The molecule has 1 aromatic carbocycles. The molecule has 0 fully saturated rings. The molecule has 0 aliphatic carbocycles. The number of benzene rings is 1. The molecule has 2 nitrogen and oxygen atoms in total. The fourth-order valence-electron chi connectivity index (χ4n) is 0.857. The zero-order valence-corrected chi connectivity index (χ0v) is 8.05. The van der Waals surface area contributed by atoms with Crippen LogP contribution in [0.1, 0.15) is 22.8 Å². The van der Waals surface area contributed by atoms with E-state index < -0.39 is 0 Å². The topological polar surface area (TPSA) is 40.9 Å². The van der Waals surface area contributed by atoms with Crippen LogP contribution in [0.3, 0.4) is 0 Å². The molecule has 0 spiro atoms. The molecule has 0 saturated carbocycles. The predicted octanol–water partition coefficient (Wildman–Crippen LogP) is 2.52. The van der Waals surface area contributed by atoms with Gasteiger partial charge in [0.2, 0.25) is 0 Å². The van der Waals surface area contributed by atoms with Crippen LogP contribution in [0.25, 0.3) is 0 Å². The Morgan fingerprint density at radius 3 is 2.67 bits per heavy atom. The molecular formula is C9H6BrNO. The van der Waals surface area contributed by atoms with Crippen LogP contribution in [0.5, 0.6) is 0 Å². The molecule has 1 rings (SSSR count). The molecular weight excluding hydrogens is 218 g/mol. The van der Waals surface area contributed by atoms with Crippen molar-refractivity contribution in [2.45, 2.75) is 6.92 Å². The van der Waals surface area contributed by atoms with Gasteiger partial charge in [-0.3, -0.25) is 4.79 Å². The first kappa shape index (κ1) is 8.95. The van der Waals surface area contributed by atoms with Crippen LogP contribution in [-0.2, 0) is 0 Å². The molecule has 0 bridgehead atoms. The van der Waals surface area contributed by atoms with Crippen molar-refractivity contribution in [3.05, 3.63) is 33.8 Å². The molecule has 12 heavy (non-hydrogen) atoms. The minimum atomic E-state index is -0.0344. The van der Waals surface area contributed by atoms with Gasteiger partial charge in [0.15, 0.2) is 5.78 Å². The molecule has 0 aliphatic heterocycles. The summed E-state index contributed by atoms with van der Waals surface area (Å²) in [5.41, 5.74) is 1.05. The first-order valence-corrected chi connectivity index (χ1v) is 4.14. The van der Waals surface area contributed by atoms with Gasteiger partial charge in [0.1, 0.15) is 0 Å². The number of rotatable bonds is 1. The Bertz CT molecular complexity index is 365. The smallest absolute Gasteiger partial charge is 0.159 e. The lowest BCUT2D eigenvalue weighted by Gasteiger charge is -1.97. The molecule has 0 saturated heterocycles. The van der Waals surface area contributed by atoms with Crippen molar-refractivity contribution < 1.29 is 4.79 Å². The molecule has 0 N–H and O–H groups in total. The van der Waals surface area contributed by atoms with Gasteiger partial charge in [-0.2, -0.15) is 5.26 Å².